The van der Waals surface area contributed by atoms with Crippen LogP contribution in [0.15, 0.2) is 48.5 Å². The fraction of sp³-hybridized carbons (Fsp3) is 0.235. The highest BCUT2D eigenvalue weighted by atomic mass is 32.2. The molecule has 1 heterocycles. The maximum Gasteiger partial charge on any atom is 0.326 e. The van der Waals surface area contributed by atoms with Crippen molar-refractivity contribution in [2.75, 3.05) is 28.0 Å². The fourth-order valence-electron chi connectivity index (χ4n) is 2.68. The minimum absolute atomic E-state index is 0.101. The Labute approximate surface area is 141 Å². The van der Waals surface area contributed by atoms with Crippen LogP contribution in [-0.2, 0) is 21.4 Å². The Morgan fingerprint density at radius 3 is 2.38 bits per heavy atom. The largest absolute Gasteiger partial charge is 0.326 e. The van der Waals surface area contributed by atoms with Crippen molar-refractivity contribution in [1.29, 1.82) is 0 Å². The molecule has 0 saturated carbocycles. The number of aryl methyl sites for hydroxylation is 1. The van der Waals surface area contributed by atoms with Gasteiger partial charge in [-0.05, 0) is 30.2 Å². The number of hydrogen-bond donors (Lipinski definition) is 1. The maximum absolute atomic E-state index is 12.1. The van der Waals surface area contributed by atoms with Crippen LogP contribution >= 0.6 is 0 Å². The van der Waals surface area contributed by atoms with Crippen molar-refractivity contribution in [3.05, 3.63) is 54.1 Å². The van der Waals surface area contributed by atoms with Crippen molar-refractivity contribution in [3.63, 3.8) is 0 Å². The molecule has 0 atom stereocenters. The van der Waals surface area contributed by atoms with Crippen LogP contribution in [0.1, 0.15) is 12.0 Å². The van der Waals surface area contributed by atoms with Gasteiger partial charge in [-0.3, -0.25) is 13.4 Å². The van der Waals surface area contributed by atoms with Crippen LogP contribution in [0.4, 0.5) is 17.1 Å². The highest BCUT2D eigenvalue weighted by Crippen LogP contribution is 2.40. The standard InChI is InChI=1S/C17H19N3O3S/c1-19-15-10-9-14(12-16(15)20(2)24(19,22)23)18-17(21)11-8-13-6-4-3-5-7-13/h3-7,9-10,12H,8,11H2,1-2H3,(H,18,21). The Morgan fingerprint density at radius 1 is 1.00 bits per heavy atom. The molecule has 1 aliphatic heterocycles. The third kappa shape index (κ3) is 2.94. The molecule has 0 spiro atoms. The summed E-state index contributed by atoms with van der Waals surface area (Å²) in [4.78, 5) is 12.1. The first kappa shape index (κ1) is 16.3. The fourth-order valence-corrected chi connectivity index (χ4v) is 3.84. The van der Waals surface area contributed by atoms with Gasteiger partial charge in [-0.25, -0.2) is 0 Å². The summed E-state index contributed by atoms with van der Waals surface area (Å²) in [6.45, 7) is 0. The van der Waals surface area contributed by atoms with Crippen molar-refractivity contribution in [1.82, 2.24) is 0 Å². The molecule has 0 aromatic heterocycles. The van der Waals surface area contributed by atoms with E-state index in [1.165, 1.54) is 22.7 Å². The Hall–Kier alpha value is -2.54. The van der Waals surface area contributed by atoms with Crippen LogP contribution in [0.5, 0.6) is 0 Å². The van der Waals surface area contributed by atoms with Gasteiger partial charge in [0.2, 0.25) is 5.91 Å². The molecule has 0 fully saturated rings. The van der Waals surface area contributed by atoms with Gasteiger partial charge in [0.1, 0.15) is 0 Å². The zero-order valence-corrected chi connectivity index (χ0v) is 14.4. The minimum atomic E-state index is -3.50. The lowest BCUT2D eigenvalue weighted by molar-refractivity contribution is -0.116. The van der Waals surface area contributed by atoms with Gasteiger partial charge < -0.3 is 5.32 Å². The monoisotopic (exact) mass is 345 g/mol. The molecule has 2 aromatic rings. The minimum Gasteiger partial charge on any atom is -0.326 e. The van der Waals surface area contributed by atoms with E-state index in [4.69, 9.17) is 0 Å². The van der Waals surface area contributed by atoms with Crippen LogP contribution < -0.4 is 13.9 Å². The third-order valence-electron chi connectivity index (χ3n) is 4.11. The SMILES string of the molecule is CN1c2ccc(NC(=O)CCc3ccccc3)cc2N(C)S1(=O)=O. The van der Waals surface area contributed by atoms with Crippen LogP contribution in [0, 0.1) is 0 Å². The topological polar surface area (TPSA) is 69.7 Å². The molecule has 2 aromatic carbocycles. The third-order valence-corrected chi connectivity index (χ3v) is 5.89. The average Bonchev–Trinajstić information content (AvgIpc) is 2.75. The molecule has 24 heavy (non-hydrogen) atoms. The average molecular weight is 345 g/mol. The van der Waals surface area contributed by atoms with E-state index in [2.05, 4.69) is 5.32 Å². The number of hydrogen-bond acceptors (Lipinski definition) is 3. The summed E-state index contributed by atoms with van der Waals surface area (Å²) < 4.78 is 26.6. The highest BCUT2D eigenvalue weighted by Gasteiger charge is 2.35. The summed E-state index contributed by atoms with van der Waals surface area (Å²) in [7, 11) is -0.492. The normalized spacial score (nSPS) is 15.2. The molecule has 1 N–H and O–H groups in total. The molecule has 6 nitrogen and oxygen atoms in total. The van der Waals surface area contributed by atoms with E-state index in [9.17, 15) is 13.2 Å². The first-order chi connectivity index (χ1) is 11.4. The summed E-state index contributed by atoms with van der Waals surface area (Å²) in [5.74, 6) is -0.101. The number of nitrogens with zero attached hydrogens (tertiary/aromatic N) is 2. The molecular weight excluding hydrogens is 326 g/mol. The lowest BCUT2D eigenvalue weighted by atomic mass is 10.1. The molecular formula is C17H19N3O3S. The number of benzene rings is 2. The first-order valence-electron chi connectivity index (χ1n) is 7.60. The van der Waals surface area contributed by atoms with Crippen LogP contribution in [-0.4, -0.2) is 28.4 Å². The number of carbonyl (C=O) groups is 1. The molecule has 3 rings (SSSR count). The van der Waals surface area contributed by atoms with Crippen molar-refractivity contribution in [2.24, 2.45) is 0 Å². The molecule has 126 valence electrons. The zero-order chi connectivity index (χ0) is 17.3. The van der Waals surface area contributed by atoms with Gasteiger partial charge in [-0.1, -0.05) is 30.3 Å². The molecule has 1 aliphatic rings. The van der Waals surface area contributed by atoms with E-state index in [-0.39, 0.29) is 5.91 Å². The molecule has 1 amide bonds. The van der Waals surface area contributed by atoms with Crippen molar-refractivity contribution in [2.45, 2.75) is 12.8 Å². The Morgan fingerprint density at radius 2 is 1.67 bits per heavy atom. The second-order valence-electron chi connectivity index (χ2n) is 5.68. The van der Waals surface area contributed by atoms with Gasteiger partial charge in [0.15, 0.2) is 0 Å². The lowest BCUT2D eigenvalue weighted by Crippen LogP contribution is -2.32. The van der Waals surface area contributed by atoms with Crippen molar-refractivity contribution in [3.8, 4) is 0 Å². The summed E-state index contributed by atoms with van der Waals surface area (Å²) in [5, 5.41) is 2.83. The quantitative estimate of drug-likeness (QED) is 0.925. The van der Waals surface area contributed by atoms with Gasteiger partial charge >= 0.3 is 10.2 Å². The number of anilines is 3. The van der Waals surface area contributed by atoms with Crippen LogP contribution in [0.3, 0.4) is 0 Å². The van der Waals surface area contributed by atoms with Gasteiger partial charge in [-0.15, -0.1) is 0 Å². The number of nitrogens with one attached hydrogen (secondary N) is 1. The molecule has 0 radical (unpaired) electrons. The number of fused-ring (bicyclic) bond motifs is 1. The van der Waals surface area contributed by atoms with E-state index in [0.29, 0.717) is 29.9 Å². The Kier molecular flexibility index (Phi) is 4.19. The first-order valence-corrected chi connectivity index (χ1v) is 9.00. The summed E-state index contributed by atoms with van der Waals surface area (Å²) in [5.41, 5.74) is 2.84. The number of carbonyl (C=O) groups excluding carboxylic acids is 1. The predicted octanol–water partition coefficient (Wildman–Crippen LogP) is 2.39. The Bertz CT molecular complexity index is 866. The summed E-state index contributed by atoms with van der Waals surface area (Å²) in [6, 6.07) is 14.9. The summed E-state index contributed by atoms with van der Waals surface area (Å²) in [6.07, 6.45) is 1.03. The highest BCUT2D eigenvalue weighted by molar-refractivity contribution is 7.94. The molecule has 0 saturated heterocycles. The zero-order valence-electron chi connectivity index (χ0n) is 13.6. The van der Waals surface area contributed by atoms with Gasteiger partial charge in [0.05, 0.1) is 11.4 Å². The van der Waals surface area contributed by atoms with Crippen LogP contribution in [0.25, 0.3) is 0 Å². The van der Waals surface area contributed by atoms with E-state index in [0.717, 1.165) is 5.56 Å². The van der Waals surface area contributed by atoms with E-state index in [1.807, 2.05) is 30.3 Å². The maximum atomic E-state index is 12.1. The van der Waals surface area contributed by atoms with Gasteiger partial charge in [-0.2, -0.15) is 8.42 Å². The number of amides is 1. The van der Waals surface area contributed by atoms with Gasteiger partial charge in [0.25, 0.3) is 0 Å². The van der Waals surface area contributed by atoms with Crippen LogP contribution in [0.2, 0.25) is 0 Å². The molecule has 0 unspecified atom stereocenters. The smallest absolute Gasteiger partial charge is 0.326 e. The predicted molar refractivity (Wildman–Crippen MR) is 95.6 cm³/mol. The van der Waals surface area contributed by atoms with Gasteiger partial charge in [0, 0.05) is 26.2 Å². The lowest BCUT2D eigenvalue weighted by Gasteiger charge is -2.13. The molecule has 7 heteroatoms. The number of rotatable bonds is 4. The van der Waals surface area contributed by atoms with E-state index < -0.39 is 10.2 Å². The summed E-state index contributed by atoms with van der Waals surface area (Å²) >= 11 is 0. The Balaban J connectivity index is 1.69. The van der Waals surface area contributed by atoms with E-state index >= 15 is 0 Å². The second kappa shape index (κ2) is 6.16. The molecule has 0 aliphatic carbocycles. The van der Waals surface area contributed by atoms with E-state index in [1.54, 1.807) is 18.2 Å². The second-order valence-corrected chi connectivity index (χ2v) is 7.67. The molecule has 0 bridgehead atoms. The van der Waals surface area contributed by atoms with Crippen molar-refractivity contribution < 1.29 is 13.2 Å². The van der Waals surface area contributed by atoms with Crippen molar-refractivity contribution >= 4 is 33.2 Å².